The van der Waals surface area contributed by atoms with Crippen LogP contribution in [0.1, 0.15) is 19.4 Å². The molecular weight excluding hydrogens is 402 g/mol. The molecule has 29 heavy (non-hydrogen) atoms. The molecule has 2 N–H and O–H groups in total. The minimum absolute atomic E-state index is 0.107. The molecule has 11 heteroatoms. The number of nitro groups is 1. The maximum absolute atomic E-state index is 12.4. The molecule has 0 radical (unpaired) electrons. The summed E-state index contributed by atoms with van der Waals surface area (Å²) >= 11 is 0. The highest BCUT2D eigenvalue weighted by molar-refractivity contribution is 7.89. The molecule has 154 valence electrons. The number of hydrogen-bond donors (Lipinski definition) is 2. The van der Waals surface area contributed by atoms with Gasteiger partial charge in [0.2, 0.25) is 15.9 Å². The van der Waals surface area contributed by atoms with E-state index in [0.29, 0.717) is 5.69 Å². The Bertz CT molecular complexity index is 1020. The van der Waals surface area contributed by atoms with Crippen LogP contribution in [-0.2, 0) is 31.0 Å². The van der Waals surface area contributed by atoms with Crippen molar-refractivity contribution in [3.05, 3.63) is 64.2 Å². The number of esters is 1. The summed E-state index contributed by atoms with van der Waals surface area (Å²) in [5.74, 6) is -1.18. The summed E-state index contributed by atoms with van der Waals surface area (Å²) in [7, 11) is -4.03. The normalized spacial score (nSPS) is 12.1. The number of para-hydroxylation sites is 1. The molecule has 0 spiro atoms. The van der Waals surface area contributed by atoms with Gasteiger partial charge in [-0.3, -0.25) is 19.7 Å². The number of benzene rings is 2. The molecule has 0 aliphatic rings. The Balaban J connectivity index is 2.01. The number of hydrogen-bond acceptors (Lipinski definition) is 7. The van der Waals surface area contributed by atoms with Crippen molar-refractivity contribution in [3.8, 4) is 0 Å². The van der Waals surface area contributed by atoms with Gasteiger partial charge in [0.1, 0.15) is 12.6 Å². The maximum Gasteiger partial charge on any atom is 0.324 e. The molecule has 1 atom stereocenters. The molecule has 0 bridgehead atoms. The molecule has 0 aliphatic carbocycles. The molecule has 1 amide bonds. The zero-order valence-corrected chi connectivity index (χ0v) is 16.4. The number of rotatable bonds is 8. The van der Waals surface area contributed by atoms with E-state index in [2.05, 4.69) is 10.0 Å². The molecule has 0 heterocycles. The number of nitro benzene ring substituents is 1. The number of nitrogens with zero attached hydrogens (tertiary/aromatic N) is 1. The van der Waals surface area contributed by atoms with Gasteiger partial charge in [0.15, 0.2) is 0 Å². The summed E-state index contributed by atoms with van der Waals surface area (Å²) in [5, 5.41) is 13.5. The zero-order valence-electron chi connectivity index (χ0n) is 15.6. The van der Waals surface area contributed by atoms with E-state index < -0.39 is 27.0 Å². The summed E-state index contributed by atoms with van der Waals surface area (Å²) in [4.78, 5) is 33.4. The molecular formula is C18H19N3O7S. The lowest BCUT2D eigenvalue weighted by molar-refractivity contribution is -0.385. The second kappa shape index (κ2) is 9.26. The van der Waals surface area contributed by atoms with E-state index in [1.165, 1.54) is 56.3 Å². The second-order valence-electron chi connectivity index (χ2n) is 6.04. The molecule has 10 nitrogen and oxygen atoms in total. The Morgan fingerprint density at radius 2 is 1.76 bits per heavy atom. The Labute approximate surface area is 167 Å². The highest BCUT2D eigenvalue weighted by Gasteiger charge is 2.24. The fourth-order valence-electron chi connectivity index (χ4n) is 2.35. The third kappa shape index (κ3) is 6.09. The van der Waals surface area contributed by atoms with Crippen LogP contribution in [0.4, 0.5) is 11.4 Å². The predicted octanol–water partition coefficient (Wildman–Crippen LogP) is 1.96. The summed E-state index contributed by atoms with van der Waals surface area (Å²) in [6.45, 7) is 2.25. The Morgan fingerprint density at radius 3 is 2.34 bits per heavy atom. The number of sulfonamides is 1. The first-order chi connectivity index (χ1) is 13.6. The zero-order chi connectivity index (χ0) is 21.6. The van der Waals surface area contributed by atoms with Crippen LogP contribution < -0.4 is 10.0 Å². The van der Waals surface area contributed by atoms with Crippen LogP contribution in [0.25, 0.3) is 0 Å². The first kappa shape index (κ1) is 22.0. The summed E-state index contributed by atoms with van der Waals surface area (Å²) in [6.07, 6.45) is 0. The maximum atomic E-state index is 12.4. The molecule has 2 rings (SSSR count). The summed E-state index contributed by atoms with van der Waals surface area (Å²) in [6, 6.07) is 9.91. The van der Waals surface area contributed by atoms with Crippen LogP contribution in [0.5, 0.6) is 0 Å². The molecule has 0 saturated carbocycles. The SMILES string of the molecule is CC(=O)Nc1ccc(S(=O)(=O)NC(C)C(=O)OCc2ccccc2[N+](=O)[O-])cc1. The molecule has 0 saturated heterocycles. The first-order valence-corrected chi connectivity index (χ1v) is 9.87. The van der Waals surface area contributed by atoms with Crippen molar-refractivity contribution < 1.29 is 27.7 Å². The van der Waals surface area contributed by atoms with Gasteiger partial charge in [0.05, 0.1) is 15.4 Å². The Hall–Kier alpha value is -3.31. The first-order valence-electron chi connectivity index (χ1n) is 8.39. The lowest BCUT2D eigenvalue weighted by Crippen LogP contribution is -2.39. The Morgan fingerprint density at radius 1 is 1.14 bits per heavy atom. The smallest absolute Gasteiger partial charge is 0.324 e. The molecule has 2 aromatic rings. The predicted molar refractivity (Wildman–Crippen MR) is 103 cm³/mol. The third-order valence-electron chi connectivity index (χ3n) is 3.73. The van der Waals surface area contributed by atoms with Gasteiger partial charge < -0.3 is 10.1 Å². The van der Waals surface area contributed by atoms with Crippen molar-refractivity contribution in [1.82, 2.24) is 4.72 Å². The molecule has 0 fully saturated rings. The van der Waals surface area contributed by atoms with E-state index in [4.69, 9.17) is 4.74 Å². The van der Waals surface area contributed by atoms with E-state index in [1.54, 1.807) is 6.07 Å². The van der Waals surface area contributed by atoms with Gasteiger partial charge in [-0.05, 0) is 37.3 Å². The van der Waals surface area contributed by atoms with E-state index in [0.717, 1.165) is 0 Å². The molecule has 1 unspecified atom stereocenters. The Kier molecular flexibility index (Phi) is 7.02. The van der Waals surface area contributed by atoms with Crippen molar-refractivity contribution in [2.75, 3.05) is 5.32 Å². The number of nitrogens with one attached hydrogen (secondary N) is 2. The molecule has 0 aliphatic heterocycles. The second-order valence-corrected chi connectivity index (χ2v) is 7.76. The minimum atomic E-state index is -4.03. The number of ether oxygens (including phenoxy) is 1. The average Bonchev–Trinajstić information content (AvgIpc) is 2.65. The largest absolute Gasteiger partial charge is 0.459 e. The van der Waals surface area contributed by atoms with Gasteiger partial charge >= 0.3 is 5.97 Å². The van der Waals surface area contributed by atoms with E-state index >= 15 is 0 Å². The number of carbonyl (C=O) groups is 2. The number of amides is 1. The number of carbonyl (C=O) groups excluding carboxylic acids is 2. The number of anilines is 1. The van der Waals surface area contributed by atoms with Crippen molar-refractivity contribution in [2.24, 2.45) is 0 Å². The fraction of sp³-hybridized carbons (Fsp3) is 0.222. The van der Waals surface area contributed by atoms with Crippen LogP contribution >= 0.6 is 0 Å². The minimum Gasteiger partial charge on any atom is -0.459 e. The lowest BCUT2D eigenvalue weighted by atomic mass is 10.2. The fourth-order valence-corrected chi connectivity index (χ4v) is 3.55. The third-order valence-corrected chi connectivity index (χ3v) is 5.29. The van der Waals surface area contributed by atoms with Crippen LogP contribution in [0.2, 0.25) is 0 Å². The summed E-state index contributed by atoms with van der Waals surface area (Å²) < 4.78 is 32.0. The average molecular weight is 421 g/mol. The van der Waals surface area contributed by atoms with E-state index in [-0.39, 0.29) is 28.7 Å². The van der Waals surface area contributed by atoms with Crippen molar-refractivity contribution in [1.29, 1.82) is 0 Å². The van der Waals surface area contributed by atoms with Crippen molar-refractivity contribution in [3.63, 3.8) is 0 Å². The van der Waals surface area contributed by atoms with Crippen LogP contribution in [0.3, 0.4) is 0 Å². The van der Waals surface area contributed by atoms with Crippen LogP contribution in [0, 0.1) is 10.1 Å². The van der Waals surface area contributed by atoms with Gasteiger partial charge in [-0.25, -0.2) is 8.42 Å². The van der Waals surface area contributed by atoms with Gasteiger partial charge in [0.25, 0.3) is 5.69 Å². The monoisotopic (exact) mass is 421 g/mol. The van der Waals surface area contributed by atoms with Gasteiger partial charge in [-0.1, -0.05) is 12.1 Å². The van der Waals surface area contributed by atoms with E-state index in [1.807, 2.05) is 0 Å². The van der Waals surface area contributed by atoms with Crippen molar-refractivity contribution in [2.45, 2.75) is 31.4 Å². The van der Waals surface area contributed by atoms with Crippen molar-refractivity contribution >= 4 is 33.3 Å². The topological polar surface area (TPSA) is 145 Å². The standard InChI is InChI=1S/C18H19N3O7S/c1-12(18(23)28-11-14-5-3-4-6-17(14)21(24)25)20-29(26,27)16-9-7-15(8-10-16)19-13(2)22/h3-10,12,20H,11H2,1-2H3,(H,19,22). The molecule has 2 aromatic carbocycles. The van der Waals surface area contributed by atoms with Gasteiger partial charge in [-0.2, -0.15) is 4.72 Å². The van der Waals surface area contributed by atoms with Gasteiger partial charge in [-0.15, -0.1) is 0 Å². The highest BCUT2D eigenvalue weighted by atomic mass is 32.2. The molecule has 0 aromatic heterocycles. The highest BCUT2D eigenvalue weighted by Crippen LogP contribution is 2.19. The van der Waals surface area contributed by atoms with Gasteiger partial charge in [0, 0.05) is 18.7 Å². The van der Waals surface area contributed by atoms with Crippen LogP contribution in [0.15, 0.2) is 53.4 Å². The quantitative estimate of drug-likeness (QED) is 0.376. The van der Waals surface area contributed by atoms with E-state index in [9.17, 15) is 28.1 Å². The van der Waals surface area contributed by atoms with Crippen LogP contribution in [-0.4, -0.2) is 31.3 Å². The lowest BCUT2D eigenvalue weighted by Gasteiger charge is -2.14. The summed E-state index contributed by atoms with van der Waals surface area (Å²) in [5.41, 5.74) is 0.413.